The molecule has 0 spiro atoms. The molecule has 0 saturated heterocycles. The van der Waals surface area contributed by atoms with Crippen LogP contribution in [0.15, 0.2) is 47.6 Å². The van der Waals surface area contributed by atoms with E-state index in [1.54, 1.807) is 14.2 Å². The van der Waals surface area contributed by atoms with E-state index in [2.05, 4.69) is 20.5 Å². The van der Waals surface area contributed by atoms with Crippen molar-refractivity contribution in [2.24, 2.45) is 0 Å². The number of para-hydroxylation sites is 2. The molecule has 4 rings (SSSR count). The molecule has 10 heteroatoms. The van der Waals surface area contributed by atoms with Gasteiger partial charge in [-0.1, -0.05) is 30.0 Å². The van der Waals surface area contributed by atoms with Crippen molar-refractivity contribution in [2.75, 3.05) is 33.1 Å². The van der Waals surface area contributed by atoms with Gasteiger partial charge >= 0.3 is 0 Å². The molecule has 0 saturated carbocycles. The van der Waals surface area contributed by atoms with E-state index in [1.807, 2.05) is 42.5 Å². The lowest BCUT2D eigenvalue weighted by Crippen LogP contribution is -2.27. The Morgan fingerprint density at radius 3 is 2.81 bits per heavy atom. The molecule has 1 aromatic heterocycles. The van der Waals surface area contributed by atoms with Crippen molar-refractivity contribution in [3.8, 4) is 23.0 Å². The predicted octanol–water partition coefficient (Wildman–Crippen LogP) is 2.79. The lowest BCUT2D eigenvalue weighted by Gasteiger charge is -2.24. The van der Waals surface area contributed by atoms with E-state index in [9.17, 15) is 4.79 Å². The number of benzene rings is 2. The van der Waals surface area contributed by atoms with E-state index < -0.39 is 0 Å². The van der Waals surface area contributed by atoms with Crippen LogP contribution in [0.1, 0.15) is 17.5 Å². The molecular formula is C22H24N4O5S. The second kappa shape index (κ2) is 10.3. The molecule has 1 aliphatic heterocycles. The Hall–Kier alpha value is -3.40. The first-order chi connectivity index (χ1) is 15.7. The third kappa shape index (κ3) is 5.25. The third-order valence-corrected chi connectivity index (χ3v) is 5.66. The fourth-order valence-corrected chi connectivity index (χ4v) is 3.82. The van der Waals surface area contributed by atoms with Crippen LogP contribution < -0.4 is 24.3 Å². The number of amides is 1. The zero-order chi connectivity index (χ0) is 22.3. The Morgan fingerprint density at radius 1 is 1.19 bits per heavy atom. The van der Waals surface area contributed by atoms with Crippen molar-refractivity contribution in [2.45, 2.75) is 17.7 Å². The second-order valence-electron chi connectivity index (χ2n) is 6.95. The highest BCUT2D eigenvalue weighted by atomic mass is 32.2. The van der Waals surface area contributed by atoms with Crippen LogP contribution in [0.5, 0.6) is 23.0 Å². The van der Waals surface area contributed by atoms with Crippen LogP contribution in [0.2, 0.25) is 0 Å². The number of rotatable bonds is 9. The first kappa shape index (κ1) is 21.8. The fourth-order valence-electron chi connectivity index (χ4n) is 3.18. The zero-order valence-electron chi connectivity index (χ0n) is 17.8. The highest BCUT2D eigenvalue weighted by Gasteiger charge is 2.25. The van der Waals surface area contributed by atoms with Gasteiger partial charge in [0.2, 0.25) is 11.1 Å². The van der Waals surface area contributed by atoms with Gasteiger partial charge in [-0.25, -0.2) is 4.98 Å². The minimum absolute atomic E-state index is 0.0898. The maximum Gasteiger partial charge on any atom is 0.230 e. The fraction of sp³-hybridized carbons (Fsp3) is 0.318. The van der Waals surface area contributed by atoms with Gasteiger partial charge < -0.3 is 24.3 Å². The van der Waals surface area contributed by atoms with Crippen molar-refractivity contribution in [1.82, 2.24) is 20.5 Å². The van der Waals surface area contributed by atoms with E-state index >= 15 is 0 Å². The molecule has 1 atom stereocenters. The quantitative estimate of drug-likeness (QED) is 0.474. The van der Waals surface area contributed by atoms with E-state index in [1.165, 1.54) is 11.8 Å². The number of fused-ring (bicyclic) bond motifs is 1. The van der Waals surface area contributed by atoms with Gasteiger partial charge in [-0.05, 0) is 36.2 Å². The van der Waals surface area contributed by atoms with Crippen molar-refractivity contribution in [3.63, 3.8) is 0 Å². The van der Waals surface area contributed by atoms with Gasteiger partial charge in [-0.15, -0.1) is 5.10 Å². The number of methoxy groups -OCH3 is 2. The van der Waals surface area contributed by atoms with Crippen LogP contribution in [0.3, 0.4) is 0 Å². The minimum atomic E-state index is -0.373. The molecule has 0 unspecified atom stereocenters. The summed E-state index contributed by atoms with van der Waals surface area (Å²) in [6, 6.07) is 13.2. The number of ether oxygens (including phenoxy) is 4. The zero-order valence-corrected chi connectivity index (χ0v) is 18.6. The largest absolute Gasteiger partial charge is 0.493 e. The summed E-state index contributed by atoms with van der Waals surface area (Å²) in [6.07, 6.45) is 0.310. The van der Waals surface area contributed by atoms with Crippen molar-refractivity contribution in [1.29, 1.82) is 0 Å². The summed E-state index contributed by atoms with van der Waals surface area (Å²) < 4.78 is 22.2. The Bertz CT molecular complexity index is 1070. The Labute approximate surface area is 189 Å². The highest BCUT2D eigenvalue weighted by molar-refractivity contribution is 7.99. The van der Waals surface area contributed by atoms with Crippen LogP contribution in [0.25, 0.3) is 0 Å². The van der Waals surface area contributed by atoms with E-state index in [4.69, 9.17) is 18.9 Å². The van der Waals surface area contributed by atoms with Crippen LogP contribution in [0.4, 0.5) is 0 Å². The number of nitrogens with zero attached hydrogens (tertiary/aromatic N) is 2. The van der Waals surface area contributed by atoms with Crippen LogP contribution >= 0.6 is 11.8 Å². The molecule has 0 fully saturated rings. The molecule has 1 aliphatic rings. The Balaban J connectivity index is 1.22. The lowest BCUT2D eigenvalue weighted by atomic mass is 10.1. The summed E-state index contributed by atoms with van der Waals surface area (Å²) in [5, 5.41) is 10.4. The molecule has 1 amide bonds. The number of H-pyrrole nitrogens is 1. The lowest BCUT2D eigenvalue weighted by molar-refractivity contribution is -0.118. The van der Waals surface area contributed by atoms with E-state index in [0.29, 0.717) is 53.6 Å². The first-order valence-electron chi connectivity index (χ1n) is 10.1. The molecule has 9 nitrogen and oxygen atoms in total. The van der Waals surface area contributed by atoms with Gasteiger partial charge in [-0.2, -0.15) is 0 Å². The number of carbonyl (C=O) groups is 1. The molecular weight excluding hydrogens is 432 g/mol. The molecule has 0 aliphatic carbocycles. The number of carbonyl (C=O) groups excluding carboxylic acids is 1. The van der Waals surface area contributed by atoms with Gasteiger partial charge in [0.15, 0.2) is 34.9 Å². The molecule has 0 radical (unpaired) electrons. The van der Waals surface area contributed by atoms with Gasteiger partial charge in [-0.3, -0.25) is 9.89 Å². The smallest absolute Gasteiger partial charge is 0.230 e. The van der Waals surface area contributed by atoms with Crippen molar-refractivity contribution >= 4 is 17.7 Å². The Morgan fingerprint density at radius 2 is 2.00 bits per heavy atom. The van der Waals surface area contributed by atoms with E-state index in [-0.39, 0.29) is 17.8 Å². The molecule has 2 N–H and O–H groups in total. The second-order valence-corrected chi connectivity index (χ2v) is 7.89. The highest BCUT2D eigenvalue weighted by Crippen LogP contribution is 2.35. The molecule has 3 aromatic rings. The van der Waals surface area contributed by atoms with Gasteiger partial charge in [0.25, 0.3) is 0 Å². The number of hydrogen-bond acceptors (Lipinski definition) is 8. The monoisotopic (exact) mass is 456 g/mol. The molecule has 32 heavy (non-hydrogen) atoms. The van der Waals surface area contributed by atoms with Crippen LogP contribution in [0, 0.1) is 0 Å². The number of nitrogens with one attached hydrogen (secondary N) is 2. The van der Waals surface area contributed by atoms with E-state index in [0.717, 1.165) is 5.56 Å². The number of aromatic amines is 1. The number of aromatic nitrogens is 3. The summed E-state index contributed by atoms with van der Waals surface area (Å²) >= 11 is 1.26. The summed E-state index contributed by atoms with van der Waals surface area (Å²) in [7, 11) is 3.20. The minimum Gasteiger partial charge on any atom is -0.493 e. The molecule has 2 heterocycles. The Kier molecular flexibility index (Phi) is 7.00. The van der Waals surface area contributed by atoms with Crippen LogP contribution in [-0.2, 0) is 11.2 Å². The number of thioether (sulfide) groups is 1. The summed E-state index contributed by atoms with van der Waals surface area (Å²) in [4.78, 5) is 16.6. The SMILES string of the molecule is COc1ccc(CCNC(=O)CSc2n[nH]c([C@H]3COc4ccccc4O3)n2)cc1OC. The topological polar surface area (TPSA) is 108 Å². The maximum absolute atomic E-state index is 12.2. The molecule has 2 aromatic carbocycles. The normalized spacial score (nSPS) is 14.6. The maximum atomic E-state index is 12.2. The summed E-state index contributed by atoms with van der Waals surface area (Å²) in [6.45, 7) is 0.855. The average molecular weight is 457 g/mol. The molecule has 0 bridgehead atoms. The third-order valence-electron chi connectivity index (χ3n) is 4.81. The molecule has 168 valence electrons. The average Bonchev–Trinajstić information content (AvgIpc) is 3.31. The van der Waals surface area contributed by atoms with Gasteiger partial charge in [0.05, 0.1) is 20.0 Å². The first-order valence-corrected chi connectivity index (χ1v) is 11.1. The van der Waals surface area contributed by atoms with Gasteiger partial charge in [0, 0.05) is 6.54 Å². The van der Waals surface area contributed by atoms with Gasteiger partial charge in [0.1, 0.15) is 6.61 Å². The standard InChI is InChI=1S/C22H24N4O5S/c1-28-15-8-7-14(11-18(15)29-2)9-10-23-20(27)13-32-22-24-21(25-26-22)19-12-30-16-5-3-4-6-17(16)31-19/h3-8,11,19H,9-10,12-13H2,1-2H3,(H,23,27)(H,24,25,26)/t19-/m1/s1. The van der Waals surface area contributed by atoms with Crippen molar-refractivity contribution in [3.05, 3.63) is 53.9 Å². The van der Waals surface area contributed by atoms with Crippen molar-refractivity contribution < 1.29 is 23.7 Å². The summed E-state index contributed by atoms with van der Waals surface area (Å²) in [5.74, 6) is 3.42. The summed E-state index contributed by atoms with van der Waals surface area (Å²) in [5.41, 5.74) is 1.05. The number of hydrogen-bond donors (Lipinski definition) is 2. The van der Waals surface area contributed by atoms with Crippen LogP contribution in [-0.4, -0.2) is 54.2 Å². The predicted molar refractivity (Wildman–Crippen MR) is 119 cm³/mol.